The smallest absolute Gasteiger partial charge is 0.192 e. The Labute approximate surface area is 108 Å². The third-order valence-corrected chi connectivity index (χ3v) is 4.97. The summed E-state index contributed by atoms with van der Waals surface area (Å²) in [7, 11) is 0. The SMILES string of the molecule is CC[C@H](C)[C@H]1C[C@H](Cc2ccccc2)SC1=O. The first-order chi connectivity index (χ1) is 8.20. The average Bonchev–Trinajstić information content (AvgIpc) is 2.70. The van der Waals surface area contributed by atoms with E-state index in [1.165, 1.54) is 5.56 Å². The van der Waals surface area contributed by atoms with Gasteiger partial charge in [-0.1, -0.05) is 62.4 Å². The third kappa shape index (κ3) is 3.12. The molecular formula is C15H20OS. The lowest BCUT2D eigenvalue weighted by atomic mass is 9.88. The third-order valence-electron chi connectivity index (χ3n) is 3.74. The highest BCUT2D eigenvalue weighted by Crippen LogP contribution is 2.39. The summed E-state index contributed by atoms with van der Waals surface area (Å²) in [6.45, 7) is 4.38. The molecule has 0 spiro atoms. The quantitative estimate of drug-likeness (QED) is 0.803. The summed E-state index contributed by atoms with van der Waals surface area (Å²) >= 11 is 1.57. The van der Waals surface area contributed by atoms with Crippen LogP contribution in [0.25, 0.3) is 0 Å². The Hall–Kier alpha value is -0.760. The Morgan fingerprint density at radius 2 is 2.06 bits per heavy atom. The molecule has 1 aliphatic heterocycles. The van der Waals surface area contributed by atoms with Crippen LogP contribution in [-0.2, 0) is 11.2 Å². The second-order valence-electron chi connectivity index (χ2n) is 4.98. The van der Waals surface area contributed by atoms with E-state index in [1.807, 2.05) is 6.07 Å². The van der Waals surface area contributed by atoms with Crippen LogP contribution in [-0.4, -0.2) is 10.4 Å². The minimum absolute atomic E-state index is 0.290. The first-order valence-electron chi connectivity index (χ1n) is 6.45. The van der Waals surface area contributed by atoms with Crippen LogP contribution >= 0.6 is 11.8 Å². The zero-order valence-electron chi connectivity index (χ0n) is 10.6. The van der Waals surface area contributed by atoms with Gasteiger partial charge in [-0.3, -0.25) is 4.79 Å². The molecule has 1 nitrogen and oxygen atoms in total. The highest BCUT2D eigenvalue weighted by Gasteiger charge is 2.35. The van der Waals surface area contributed by atoms with E-state index in [1.54, 1.807) is 11.8 Å². The molecule has 0 bridgehead atoms. The molecule has 0 N–H and O–H groups in total. The molecule has 1 saturated heterocycles. The van der Waals surface area contributed by atoms with Crippen LogP contribution in [0.5, 0.6) is 0 Å². The van der Waals surface area contributed by atoms with Gasteiger partial charge in [0, 0.05) is 11.2 Å². The predicted octanol–water partition coefficient (Wildman–Crippen LogP) is 3.92. The molecule has 92 valence electrons. The molecule has 17 heavy (non-hydrogen) atoms. The zero-order chi connectivity index (χ0) is 12.3. The molecule has 1 aromatic rings. The van der Waals surface area contributed by atoms with Gasteiger partial charge in [0.05, 0.1) is 0 Å². The number of carbonyl (C=O) groups is 1. The second-order valence-corrected chi connectivity index (χ2v) is 6.28. The lowest BCUT2D eigenvalue weighted by Crippen LogP contribution is -2.15. The molecule has 0 saturated carbocycles. The van der Waals surface area contributed by atoms with Crippen LogP contribution in [0, 0.1) is 11.8 Å². The molecule has 2 heteroatoms. The van der Waals surface area contributed by atoms with Crippen molar-refractivity contribution >= 4 is 16.9 Å². The number of benzene rings is 1. The zero-order valence-corrected chi connectivity index (χ0v) is 11.4. The molecule has 1 aliphatic rings. The van der Waals surface area contributed by atoms with Gasteiger partial charge in [0.2, 0.25) is 0 Å². The Bertz CT molecular complexity index is 374. The summed E-state index contributed by atoms with van der Waals surface area (Å²) < 4.78 is 0. The number of hydrogen-bond acceptors (Lipinski definition) is 2. The molecule has 0 radical (unpaired) electrons. The molecule has 1 heterocycles. The first kappa shape index (κ1) is 12.7. The van der Waals surface area contributed by atoms with Crippen molar-refractivity contribution in [2.45, 2.75) is 38.4 Å². The highest BCUT2D eigenvalue weighted by atomic mass is 32.2. The van der Waals surface area contributed by atoms with Crippen molar-refractivity contribution in [2.75, 3.05) is 0 Å². The van der Waals surface area contributed by atoms with Crippen molar-refractivity contribution in [1.29, 1.82) is 0 Å². The van der Waals surface area contributed by atoms with Gasteiger partial charge in [-0.05, 0) is 24.3 Å². The van der Waals surface area contributed by atoms with Crippen molar-refractivity contribution in [1.82, 2.24) is 0 Å². The van der Waals surface area contributed by atoms with Gasteiger partial charge in [-0.2, -0.15) is 0 Å². The number of thioether (sulfide) groups is 1. The number of hydrogen-bond donors (Lipinski definition) is 0. The summed E-state index contributed by atoms with van der Waals surface area (Å²) in [5.74, 6) is 0.828. The fraction of sp³-hybridized carbons (Fsp3) is 0.533. The summed E-state index contributed by atoms with van der Waals surface area (Å²) in [6, 6.07) is 10.5. The maximum absolute atomic E-state index is 11.9. The van der Waals surface area contributed by atoms with Gasteiger partial charge in [-0.25, -0.2) is 0 Å². The lowest BCUT2D eigenvalue weighted by Gasteiger charge is -2.15. The van der Waals surface area contributed by atoms with E-state index in [0.717, 1.165) is 19.3 Å². The van der Waals surface area contributed by atoms with Crippen molar-refractivity contribution in [3.63, 3.8) is 0 Å². The van der Waals surface area contributed by atoms with Gasteiger partial charge >= 0.3 is 0 Å². The number of carbonyl (C=O) groups excluding carboxylic acids is 1. The van der Waals surface area contributed by atoms with Crippen LogP contribution in [0.2, 0.25) is 0 Å². The molecule has 0 amide bonds. The molecule has 1 aromatic carbocycles. The van der Waals surface area contributed by atoms with Gasteiger partial charge in [0.1, 0.15) is 0 Å². The normalized spacial score (nSPS) is 26.1. The van der Waals surface area contributed by atoms with E-state index in [-0.39, 0.29) is 0 Å². The number of rotatable bonds is 4. The van der Waals surface area contributed by atoms with Crippen LogP contribution in [0.1, 0.15) is 32.3 Å². The lowest BCUT2D eigenvalue weighted by molar-refractivity contribution is -0.115. The Morgan fingerprint density at radius 1 is 1.35 bits per heavy atom. The fourth-order valence-electron chi connectivity index (χ4n) is 2.43. The fourth-order valence-corrected chi connectivity index (χ4v) is 3.84. The Kier molecular flexibility index (Phi) is 4.27. The van der Waals surface area contributed by atoms with Crippen LogP contribution in [0.15, 0.2) is 30.3 Å². The maximum Gasteiger partial charge on any atom is 0.192 e. The molecular weight excluding hydrogens is 228 g/mol. The maximum atomic E-state index is 11.9. The van der Waals surface area contributed by atoms with Gasteiger partial charge in [0.25, 0.3) is 0 Å². The standard InChI is InChI=1S/C15H20OS/c1-3-11(2)14-10-13(17-15(14)16)9-12-7-5-4-6-8-12/h4-8,11,13-14H,3,9-10H2,1-2H3/t11-,13-,14+/m0/s1. The molecule has 1 fully saturated rings. The summed E-state index contributed by atoms with van der Waals surface area (Å²) in [5.41, 5.74) is 1.35. The largest absolute Gasteiger partial charge is 0.287 e. The molecule has 0 aromatic heterocycles. The minimum atomic E-state index is 0.290. The Morgan fingerprint density at radius 3 is 2.71 bits per heavy atom. The van der Waals surface area contributed by atoms with E-state index in [4.69, 9.17) is 0 Å². The second kappa shape index (κ2) is 5.72. The van der Waals surface area contributed by atoms with Crippen molar-refractivity contribution < 1.29 is 4.79 Å². The minimum Gasteiger partial charge on any atom is -0.287 e. The Balaban J connectivity index is 1.95. The van der Waals surface area contributed by atoms with Crippen LogP contribution < -0.4 is 0 Å². The van der Waals surface area contributed by atoms with E-state index in [9.17, 15) is 4.79 Å². The molecule has 2 rings (SSSR count). The van der Waals surface area contributed by atoms with Gasteiger partial charge in [-0.15, -0.1) is 0 Å². The highest BCUT2D eigenvalue weighted by molar-refractivity contribution is 8.14. The van der Waals surface area contributed by atoms with Crippen molar-refractivity contribution in [3.8, 4) is 0 Å². The van der Waals surface area contributed by atoms with E-state index < -0.39 is 0 Å². The summed E-state index contributed by atoms with van der Waals surface area (Å²) in [6.07, 6.45) is 3.20. The van der Waals surface area contributed by atoms with Gasteiger partial charge in [0.15, 0.2) is 5.12 Å². The predicted molar refractivity (Wildman–Crippen MR) is 74.1 cm³/mol. The average molecular weight is 248 g/mol. The monoisotopic (exact) mass is 248 g/mol. The topological polar surface area (TPSA) is 17.1 Å². The summed E-state index contributed by atoms with van der Waals surface area (Å²) in [5, 5.41) is 0.907. The van der Waals surface area contributed by atoms with E-state index in [0.29, 0.717) is 22.2 Å². The first-order valence-corrected chi connectivity index (χ1v) is 7.33. The molecule has 0 aliphatic carbocycles. The molecule has 0 unspecified atom stereocenters. The van der Waals surface area contributed by atoms with E-state index >= 15 is 0 Å². The van der Waals surface area contributed by atoms with Crippen molar-refractivity contribution in [2.24, 2.45) is 11.8 Å². The van der Waals surface area contributed by atoms with Crippen molar-refractivity contribution in [3.05, 3.63) is 35.9 Å². The van der Waals surface area contributed by atoms with E-state index in [2.05, 4.69) is 38.1 Å². The van der Waals surface area contributed by atoms with Crippen LogP contribution in [0.3, 0.4) is 0 Å². The summed E-state index contributed by atoms with van der Waals surface area (Å²) in [4.78, 5) is 11.9. The molecule has 3 atom stereocenters. The van der Waals surface area contributed by atoms with Crippen LogP contribution in [0.4, 0.5) is 0 Å². The van der Waals surface area contributed by atoms with Gasteiger partial charge < -0.3 is 0 Å².